The highest BCUT2D eigenvalue weighted by atomic mass is 32.1. The minimum absolute atomic E-state index is 0.132. The summed E-state index contributed by atoms with van der Waals surface area (Å²) in [7, 11) is 0. The first kappa shape index (κ1) is 32.3. The second kappa shape index (κ2) is 12.8. The number of benzene rings is 8. The highest BCUT2D eigenvalue weighted by Crippen LogP contribution is 2.45. The van der Waals surface area contributed by atoms with Crippen LogP contribution in [-0.2, 0) is 0 Å². The Morgan fingerprint density at radius 2 is 1.19 bits per heavy atom. The van der Waals surface area contributed by atoms with E-state index in [2.05, 4.69) is 185 Å². The molecule has 2 atom stereocenters. The fourth-order valence-corrected chi connectivity index (χ4v) is 10.2. The van der Waals surface area contributed by atoms with E-state index in [1.165, 1.54) is 53.2 Å². The summed E-state index contributed by atoms with van der Waals surface area (Å²) < 4.78 is 11.8. The Hall–Kier alpha value is -6.99. The average molecular weight is 751 g/mol. The normalized spacial score (nSPS) is 15.9. The van der Waals surface area contributed by atoms with Crippen molar-refractivity contribution in [1.29, 1.82) is 0 Å². The Balaban J connectivity index is 0.995. The number of rotatable bonds is 5. The highest BCUT2D eigenvalue weighted by Gasteiger charge is 2.27. The number of furan rings is 1. The fraction of sp³-hybridized carbons (Fsp3) is 0.0392. The molecule has 0 aliphatic carbocycles. The maximum Gasteiger partial charge on any atom is 0.146 e. The number of para-hydroxylation sites is 3. The van der Waals surface area contributed by atoms with Gasteiger partial charge in [0.25, 0.3) is 0 Å². The summed E-state index contributed by atoms with van der Waals surface area (Å²) >= 11 is 1.86. The van der Waals surface area contributed by atoms with Gasteiger partial charge in [0, 0.05) is 41.7 Å². The minimum atomic E-state index is -0.226. The number of fused-ring (bicyclic) bond motifs is 9. The third-order valence-corrected chi connectivity index (χ3v) is 12.7. The lowest BCUT2D eigenvalue weighted by atomic mass is 10.0. The lowest BCUT2D eigenvalue weighted by Crippen LogP contribution is -2.45. The van der Waals surface area contributed by atoms with Crippen molar-refractivity contribution < 1.29 is 4.42 Å². The zero-order valence-electron chi connectivity index (χ0n) is 30.7. The first-order chi connectivity index (χ1) is 28.3. The van der Waals surface area contributed by atoms with Crippen molar-refractivity contribution in [2.75, 3.05) is 0 Å². The maximum absolute atomic E-state index is 6.86. The molecule has 0 amide bonds. The predicted molar refractivity (Wildman–Crippen MR) is 238 cm³/mol. The largest absolute Gasteiger partial charge is 0.455 e. The van der Waals surface area contributed by atoms with Gasteiger partial charge in [-0.25, -0.2) is 4.99 Å². The van der Waals surface area contributed by atoms with Crippen molar-refractivity contribution in [3.63, 3.8) is 0 Å². The van der Waals surface area contributed by atoms with E-state index in [-0.39, 0.29) is 12.3 Å². The van der Waals surface area contributed by atoms with E-state index >= 15 is 0 Å². The summed E-state index contributed by atoms with van der Waals surface area (Å²) in [5.41, 5.74) is 10.8. The van der Waals surface area contributed by atoms with Crippen molar-refractivity contribution >= 4 is 81.1 Å². The van der Waals surface area contributed by atoms with Crippen LogP contribution >= 0.6 is 11.3 Å². The summed E-state index contributed by atoms with van der Waals surface area (Å²) in [5.74, 6) is 0.801. The lowest BCUT2D eigenvalue weighted by Gasteiger charge is -2.32. The molecule has 6 heteroatoms. The molecule has 0 radical (unpaired) electrons. The Kier molecular flexibility index (Phi) is 7.24. The van der Waals surface area contributed by atoms with E-state index in [9.17, 15) is 0 Å². The molecule has 0 saturated heterocycles. The van der Waals surface area contributed by atoms with Crippen LogP contribution < -0.4 is 10.6 Å². The quantitative estimate of drug-likeness (QED) is 0.184. The van der Waals surface area contributed by atoms with E-state index in [0.717, 1.165) is 50.0 Å². The Morgan fingerprint density at radius 1 is 0.544 bits per heavy atom. The monoisotopic (exact) mass is 750 g/mol. The number of hydrogen-bond donors (Lipinski definition) is 2. The van der Waals surface area contributed by atoms with Gasteiger partial charge in [-0.1, -0.05) is 140 Å². The predicted octanol–water partition coefficient (Wildman–Crippen LogP) is 13.1. The van der Waals surface area contributed by atoms with Gasteiger partial charge in [-0.15, -0.1) is 11.3 Å². The first-order valence-electron chi connectivity index (χ1n) is 19.4. The van der Waals surface area contributed by atoms with Gasteiger partial charge < -0.3 is 14.3 Å². The number of nitrogens with one attached hydrogen (secondary N) is 2. The minimum Gasteiger partial charge on any atom is -0.455 e. The van der Waals surface area contributed by atoms with Crippen LogP contribution in [0.3, 0.4) is 0 Å². The van der Waals surface area contributed by atoms with E-state index in [4.69, 9.17) is 9.41 Å². The van der Waals surface area contributed by atoms with Gasteiger partial charge in [0.1, 0.15) is 29.3 Å². The van der Waals surface area contributed by atoms with E-state index in [1.54, 1.807) is 0 Å². The van der Waals surface area contributed by atoms with Gasteiger partial charge in [-0.3, -0.25) is 5.32 Å². The molecule has 12 rings (SSSR count). The fourth-order valence-electron chi connectivity index (χ4n) is 8.90. The van der Waals surface area contributed by atoms with Gasteiger partial charge in [-0.05, 0) is 64.7 Å². The van der Waals surface area contributed by atoms with Crippen molar-refractivity contribution in [2.24, 2.45) is 4.99 Å². The first-order valence-corrected chi connectivity index (χ1v) is 20.2. The van der Waals surface area contributed by atoms with Crippen molar-refractivity contribution in [3.8, 4) is 16.8 Å². The van der Waals surface area contributed by atoms with Crippen LogP contribution in [0.25, 0.3) is 80.7 Å². The van der Waals surface area contributed by atoms with Crippen LogP contribution in [0.15, 0.2) is 191 Å². The molecule has 0 fully saturated rings. The molecular formula is C51H34N4OS. The zero-order valence-corrected chi connectivity index (χ0v) is 31.5. The van der Waals surface area contributed by atoms with Gasteiger partial charge in [0.2, 0.25) is 0 Å². The number of aliphatic imine (C=N–C) groups is 1. The SMILES string of the molecule is c1ccc(C2N=C(c3cccc4c3oc3cc(-c5cccc6c5sc5cccc(-n7c8ccccc8c8ccccc87)c56)ccc34)NC(c3ccccc3)N2)cc1. The zero-order chi connectivity index (χ0) is 37.5. The van der Waals surface area contributed by atoms with Crippen molar-refractivity contribution in [2.45, 2.75) is 12.3 Å². The van der Waals surface area contributed by atoms with Crippen LogP contribution in [0.5, 0.6) is 0 Å². The molecule has 1 aliphatic heterocycles. The Bertz CT molecular complexity index is 3320. The Morgan fingerprint density at radius 3 is 1.96 bits per heavy atom. The number of hydrogen-bond acceptors (Lipinski definition) is 5. The summed E-state index contributed by atoms with van der Waals surface area (Å²) in [4.78, 5) is 5.23. The highest BCUT2D eigenvalue weighted by molar-refractivity contribution is 7.26. The van der Waals surface area contributed by atoms with E-state index in [0.29, 0.717) is 0 Å². The summed E-state index contributed by atoms with van der Waals surface area (Å²) in [6, 6.07) is 64.8. The van der Waals surface area contributed by atoms with Crippen molar-refractivity contribution in [3.05, 3.63) is 199 Å². The Labute approximate surface area is 332 Å². The van der Waals surface area contributed by atoms with E-state index < -0.39 is 0 Å². The molecule has 11 aromatic rings. The second-order valence-corrected chi connectivity index (χ2v) is 15.8. The standard InChI is InChI=1S/C51H34N4OS/c1-3-14-31(15-4-1)49-52-50(32-16-5-2-6-17-32)54-51(53-49)40-23-12-21-38-37-29-28-33(30-44(37)56-47(38)40)34-20-11-22-39-46-43(26-13-27-45(46)57-48(34)39)55-41-24-9-7-18-35(41)36-19-8-10-25-42(36)55/h1-30,49-50,52H,(H,53,54). The van der Waals surface area contributed by atoms with Crippen LogP contribution in [0.4, 0.5) is 0 Å². The molecule has 5 nitrogen and oxygen atoms in total. The summed E-state index contributed by atoms with van der Waals surface area (Å²) in [5, 5.41) is 14.6. The number of nitrogens with zero attached hydrogens (tertiary/aromatic N) is 2. The second-order valence-electron chi connectivity index (χ2n) is 14.7. The van der Waals surface area contributed by atoms with Gasteiger partial charge in [0.05, 0.1) is 22.3 Å². The smallest absolute Gasteiger partial charge is 0.146 e. The molecule has 0 bridgehead atoms. The number of aromatic nitrogens is 1. The molecule has 4 heterocycles. The van der Waals surface area contributed by atoms with Gasteiger partial charge in [-0.2, -0.15) is 0 Å². The van der Waals surface area contributed by atoms with Crippen LogP contribution in [0.1, 0.15) is 29.0 Å². The molecule has 8 aromatic carbocycles. The summed E-state index contributed by atoms with van der Waals surface area (Å²) in [6.07, 6.45) is -0.358. The third-order valence-electron chi connectivity index (χ3n) is 11.5. The van der Waals surface area contributed by atoms with Crippen molar-refractivity contribution in [1.82, 2.24) is 15.2 Å². The third kappa shape index (κ3) is 5.08. The maximum atomic E-state index is 6.86. The number of thiophene rings is 1. The van der Waals surface area contributed by atoms with Crippen LogP contribution in [-0.4, -0.2) is 10.4 Å². The summed E-state index contributed by atoms with van der Waals surface area (Å²) in [6.45, 7) is 0. The van der Waals surface area contributed by atoms with Crippen LogP contribution in [0.2, 0.25) is 0 Å². The molecule has 0 spiro atoms. The molecule has 3 aromatic heterocycles. The molecule has 57 heavy (non-hydrogen) atoms. The average Bonchev–Trinajstić information content (AvgIpc) is 3.96. The lowest BCUT2D eigenvalue weighted by molar-refractivity contribution is 0.409. The van der Waals surface area contributed by atoms with E-state index in [1.807, 2.05) is 23.5 Å². The number of amidine groups is 1. The van der Waals surface area contributed by atoms with Gasteiger partial charge >= 0.3 is 0 Å². The molecule has 2 unspecified atom stereocenters. The topological polar surface area (TPSA) is 54.5 Å². The molecule has 270 valence electrons. The molecule has 1 aliphatic rings. The van der Waals surface area contributed by atoms with Crippen LogP contribution in [0, 0.1) is 0 Å². The van der Waals surface area contributed by atoms with Gasteiger partial charge in [0.15, 0.2) is 0 Å². The molecular weight excluding hydrogens is 717 g/mol. The molecule has 0 saturated carbocycles. The molecule has 2 N–H and O–H groups in total.